The first-order valence-corrected chi connectivity index (χ1v) is 9.13. The standard InChI is InChI=1S/C16H19N3O4S2/c1-17-16(24)18-12-9-8-11(10-15(12)23-3)25(20,21)19-13-6-4-5-7-14(13)22-2/h4-10,19H,1-3H3,(H2,17,18,24). The molecule has 9 heteroatoms. The number of para-hydroxylation sites is 2. The molecule has 2 aromatic rings. The maximum Gasteiger partial charge on any atom is 0.262 e. The number of methoxy groups -OCH3 is 2. The minimum absolute atomic E-state index is 0.0520. The van der Waals surface area contributed by atoms with Crippen LogP contribution in [0.4, 0.5) is 11.4 Å². The van der Waals surface area contributed by atoms with Crippen LogP contribution in [-0.4, -0.2) is 34.8 Å². The van der Waals surface area contributed by atoms with Crippen molar-refractivity contribution in [3.63, 3.8) is 0 Å². The quantitative estimate of drug-likeness (QED) is 0.662. The van der Waals surface area contributed by atoms with Gasteiger partial charge in [-0.25, -0.2) is 8.42 Å². The van der Waals surface area contributed by atoms with Crippen LogP contribution >= 0.6 is 12.2 Å². The number of rotatable bonds is 6. The maximum absolute atomic E-state index is 12.6. The van der Waals surface area contributed by atoms with Crippen molar-refractivity contribution >= 4 is 38.7 Å². The van der Waals surface area contributed by atoms with Crippen molar-refractivity contribution in [2.75, 3.05) is 31.3 Å². The Kier molecular flexibility index (Phi) is 6.05. The molecular weight excluding hydrogens is 362 g/mol. The minimum atomic E-state index is -3.82. The predicted molar refractivity (Wildman–Crippen MR) is 102 cm³/mol. The molecule has 25 heavy (non-hydrogen) atoms. The molecule has 2 aromatic carbocycles. The third-order valence-corrected chi connectivity index (χ3v) is 4.98. The Morgan fingerprint density at radius 2 is 1.68 bits per heavy atom. The Hall–Kier alpha value is -2.52. The summed E-state index contributed by atoms with van der Waals surface area (Å²) in [6.45, 7) is 0. The molecule has 0 aliphatic heterocycles. The van der Waals surface area contributed by atoms with E-state index in [-0.39, 0.29) is 4.90 Å². The summed E-state index contributed by atoms with van der Waals surface area (Å²) in [6.07, 6.45) is 0. The summed E-state index contributed by atoms with van der Waals surface area (Å²) in [5.74, 6) is 0.774. The predicted octanol–water partition coefficient (Wildman–Crippen LogP) is 2.42. The Morgan fingerprint density at radius 3 is 2.32 bits per heavy atom. The molecule has 0 unspecified atom stereocenters. The van der Waals surface area contributed by atoms with Crippen molar-refractivity contribution in [2.45, 2.75) is 4.90 Å². The molecule has 7 nitrogen and oxygen atoms in total. The highest BCUT2D eigenvalue weighted by Gasteiger charge is 2.18. The second kappa shape index (κ2) is 8.04. The normalized spacial score (nSPS) is 10.7. The minimum Gasteiger partial charge on any atom is -0.495 e. The van der Waals surface area contributed by atoms with E-state index in [2.05, 4.69) is 15.4 Å². The van der Waals surface area contributed by atoms with E-state index < -0.39 is 10.0 Å². The van der Waals surface area contributed by atoms with Crippen molar-refractivity contribution in [3.05, 3.63) is 42.5 Å². The van der Waals surface area contributed by atoms with Crippen molar-refractivity contribution in [3.8, 4) is 11.5 Å². The molecule has 0 atom stereocenters. The Balaban J connectivity index is 2.34. The van der Waals surface area contributed by atoms with E-state index in [9.17, 15) is 8.42 Å². The summed E-state index contributed by atoms with van der Waals surface area (Å²) in [7, 11) is 0.788. The molecule has 0 heterocycles. The number of benzene rings is 2. The molecule has 2 rings (SSSR count). The average Bonchev–Trinajstić information content (AvgIpc) is 2.61. The number of hydrogen-bond acceptors (Lipinski definition) is 5. The van der Waals surface area contributed by atoms with Gasteiger partial charge in [-0.3, -0.25) is 4.72 Å². The van der Waals surface area contributed by atoms with Gasteiger partial charge in [-0.05, 0) is 36.5 Å². The summed E-state index contributed by atoms with van der Waals surface area (Å²) in [5.41, 5.74) is 0.903. The van der Waals surface area contributed by atoms with Crippen LogP contribution in [0.25, 0.3) is 0 Å². The Bertz CT molecular complexity index is 869. The molecule has 134 valence electrons. The number of thiocarbonyl (C=S) groups is 1. The third kappa shape index (κ3) is 4.52. The second-order valence-electron chi connectivity index (χ2n) is 4.87. The number of sulfonamides is 1. The smallest absolute Gasteiger partial charge is 0.262 e. The summed E-state index contributed by atoms with van der Waals surface area (Å²) in [5, 5.41) is 6.08. The number of ether oxygens (including phenoxy) is 2. The number of nitrogens with one attached hydrogen (secondary N) is 3. The van der Waals surface area contributed by atoms with Gasteiger partial charge in [0.2, 0.25) is 0 Å². The highest BCUT2D eigenvalue weighted by atomic mass is 32.2. The van der Waals surface area contributed by atoms with Gasteiger partial charge in [-0.2, -0.15) is 0 Å². The molecule has 0 bridgehead atoms. The van der Waals surface area contributed by atoms with Gasteiger partial charge in [0.15, 0.2) is 5.11 Å². The van der Waals surface area contributed by atoms with Crippen LogP contribution in [0.2, 0.25) is 0 Å². The van der Waals surface area contributed by atoms with E-state index in [1.807, 2.05) is 0 Å². The van der Waals surface area contributed by atoms with Crippen LogP contribution in [-0.2, 0) is 10.0 Å². The molecule has 0 amide bonds. The van der Waals surface area contributed by atoms with Gasteiger partial charge in [-0.15, -0.1) is 0 Å². The highest BCUT2D eigenvalue weighted by Crippen LogP contribution is 2.30. The maximum atomic E-state index is 12.6. The molecule has 0 spiro atoms. The SMILES string of the molecule is CNC(=S)Nc1ccc(S(=O)(=O)Nc2ccccc2OC)cc1OC. The lowest BCUT2D eigenvalue weighted by molar-refractivity contribution is 0.415. The monoisotopic (exact) mass is 381 g/mol. The fourth-order valence-electron chi connectivity index (χ4n) is 2.06. The van der Waals surface area contributed by atoms with E-state index in [0.29, 0.717) is 28.0 Å². The first-order chi connectivity index (χ1) is 11.9. The molecule has 3 N–H and O–H groups in total. The van der Waals surface area contributed by atoms with Gasteiger partial charge in [0.1, 0.15) is 11.5 Å². The Morgan fingerprint density at radius 1 is 1.00 bits per heavy atom. The van der Waals surface area contributed by atoms with Gasteiger partial charge in [0.25, 0.3) is 10.0 Å². The van der Waals surface area contributed by atoms with Crippen LogP contribution in [0.3, 0.4) is 0 Å². The van der Waals surface area contributed by atoms with Gasteiger partial charge in [0.05, 0.1) is 30.5 Å². The van der Waals surface area contributed by atoms with Crippen LogP contribution in [0, 0.1) is 0 Å². The molecule has 0 aromatic heterocycles. The second-order valence-corrected chi connectivity index (χ2v) is 6.96. The molecule has 0 saturated heterocycles. The van der Waals surface area contributed by atoms with Gasteiger partial charge < -0.3 is 20.1 Å². The molecule has 0 aliphatic carbocycles. The van der Waals surface area contributed by atoms with E-state index in [1.165, 1.54) is 26.4 Å². The first kappa shape index (κ1) is 18.8. The largest absolute Gasteiger partial charge is 0.495 e. The van der Waals surface area contributed by atoms with Crippen LogP contribution < -0.4 is 24.8 Å². The van der Waals surface area contributed by atoms with Crippen molar-refractivity contribution in [2.24, 2.45) is 0 Å². The fourth-order valence-corrected chi connectivity index (χ4v) is 3.25. The lowest BCUT2D eigenvalue weighted by Gasteiger charge is -2.15. The lowest BCUT2D eigenvalue weighted by Crippen LogP contribution is -2.24. The van der Waals surface area contributed by atoms with E-state index in [1.54, 1.807) is 37.4 Å². The van der Waals surface area contributed by atoms with Crippen molar-refractivity contribution in [1.82, 2.24) is 5.32 Å². The van der Waals surface area contributed by atoms with Gasteiger partial charge in [-0.1, -0.05) is 12.1 Å². The fraction of sp³-hybridized carbons (Fsp3) is 0.188. The van der Waals surface area contributed by atoms with E-state index in [0.717, 1.165) is 0 Å². The van der Waals surface area contributed by atoms with Gasteiger partial charge in [0, 0.05) is 13.1 Å². The lowest BCUT2D eigenvalue weighted by atomic mass is 10.3. The zero-order valence-corrected chi connectivity index (χ0v) is 15.6. The van der Waals surface area contributed by atoms with Crippen LogP contribution in [0.15, 0.2) is 47.4 Å². The third-order valence-electron chi connectivity index (χ3n) is 3.31. The molecule has 0 aliphatic rings. The summed E-state index contributed by atoms with van der Waals surface area (Å²) in [6, 6.07) is 11.2. The van der Waals surface area contributed by atoms with Crippen LogP contribution in [0.1, 0.15) is 0 Å². The molecule has 0 radical (unpaired) electrons. The van der Waals surface area contributed by atoms with Crippen molar-refractivity contribution < 1.29 is 17.9 Å². The highest BCUT2D eigenvalue weighted by molar-refractivity contribution is 7.92. The number of hydrogen-bond donors (Lipinski definition) is 3. The summed E-state index contributed by atoms with van der Waals surface area (Å²) < 4.78 is 38.2. The van der Waals surface area contributed by atoms with E-state index >= 15 is 0 Å². The summed E-state index contributed by atoms with van der Waals surface area (Å²) in [4.78, 5) is 0.0520. The summed E-state index contributed by atoms with van der Waals surface area (Å²) >= 11 is 5.04. The molecule has 0 fully saturated rings. The van der Waals surface area contributed by atoms with Gasteiger partial charge >= 0.3 is 0 Å². The Labute approximate surface area is 152 Å². The first-order valence-electron chi connectivity index (χ1n) is 7.24. The van der Waals surface area contributed by atoms with Crippen molar-refractivity contribution in [1.29, 1.82) is 0 Å². The molecular formula is C16H19N3O4S2. The molecule has 0 saturated carbocycles. The average molecular weight is 381 g/mol. The zero-order valence-electron chi connectivity index (χ0n) is 14.0. The zero-order chi connectivity index (χ0) is 18.4. The van der Waals surface area contributed by atoms with E-state index in [4.69, 9.17) is 21.7 Å². The topological polar surface area (TPSA) is 88.7 Å². The van der Waals surface area contributed by atoms with Crippen LogP contribution in [0.5, 0.6) is 11.5 Å². The number of anilines is 2.